The Morgan fingerprint density at radius 2 is 1.59 bits per heavy atom. The summed E-state index contributed by atoms with van der Waals surface area (Å²) in [5, 5.41) is 3.43. The molecule has 0 radical (unpaired) electrons. The predicted octanol–water partition coefficient (Wildman–Crippen LogP) is 3.82. The molecule has 1 N–H and O–H groups in total. The fraction of sp³-hybridized carbons (Fsp3) is 0.625. The summed E-state index contributed by atoms with van der Waals surface area (Å²) in [6.45, 7) is 9.10. The number of aryl methyl sites for hydroxylation is 2. The zero-order chi connectivity index (χ0) is 12.9. The summed E-state index contributed by atoms with van der Waals surface area (Å²) >= 11 is 0. The molecule has 0 bridgehead atoms. The van der Waals surface area contributed by atoms with Crippen LogP contribution in [0, 0.1) is 5.41 Å². The van der Waals surface area contributed by atoms with E-state index in [9.17, 15) is 0 Å². The molecule has 1 aromatic rings. The molecule has 1 rings (SSSR count). The van der Waals surface area contributed by atoms with Crippen LogP contribution in [0.15, 0.2) is 24.3 Å². The van der Waals surface area contributed by atoms with Crippen molar-refractivity contribution >= 4 is 0 Å². The van der Waals surface area contributed by atoms with Crippen molar-refractivity contribution in [2.75, 3.05) is 7.05 Å². The van der Waals surface area contributed by atoms with Gasteiger partial charge in [0.05, 0.1) is 0 Å². The van der Waals surface area contributed by atoms with E-state index in [1.54, 1.807) is 0 Å². The summed E-state index contributed by atoms with van der Waals surface area (Å²) in [6, 6.07) is 9.62. The second kappa shape index (κ2) is 6.20. The van der Waals surface area contributed by atoms with Crippen molar-refractivity contribution < 1.29 is 0 Å². The van der Waals surface area contributed by atoms with Gasteiger partial charge in [0.15, 0.2) is 0 Å². The first kappa shape index (κ1) is 14.2. The van der Waals surface area contributed by atoms with Crippen LogP contribution in [0.4, 0.5) is 0 Å². The Balaban J connectivity index is 2.54. The zero-order valence-electron chi connectivity index (χ0n) is 12.0. The molecule has 0 spiro atoms. The molecular formula is C16H27N. The molecule has 1 heteroatoms. The first-order chi connectivity index (χ1) is 7.97. The van der Waals surface area contributed by atoms with Crippen LogP contribution in [0.3, 0.4) is 0 Å². The van der Waals surface area contributed by atoms with Crippen molar-refractivity contribution in [1.82, 2.24) is 5.32 Å². The summed E-state index contributed by atoms with van der Waals surface area (Å²) < 4.78 is 0. The maximum absolute atomic E-state index is 3.43. The quantitative estimate of drug-likeness (QED) is 0.815. The van der Waals surface area contributed by atoms with E-state index < -0.39 is 0 Å². The van der Waals surface area contributed by atoms with Crippen molar-refractivity contribution in [3.05, 3.63) is 35.4 Å². The molecule has 0 aliphatic carbocycles. The van der Waals surface area contributed by atoms with Crippen LogP contribution in [-0.4, -0.2) is 13.1 Å². The maximum atomic E-state index is 3.43. The van der Waals surface area contributed by atoms with Gasteiger partial charge in [0.25, 0.3) is 0 Å². The van der Waals surface area contributed by atoms with Gasteiger partial charge in [0, 0.05) is 6.04 Å². The SMILES string of the molecule is CCc1ccc(CCC(NC)C(C)(C)C)cc1. The lowest BCUT2D eigenvalue weighted by molar-refractivity contribution is 0.268. The monoisotopic (exact) mass is 233 g/mol. The van der Waals surface area contributed by atoms with Crippen molar-refractivity contribution in [2.24, 2.45) is 5.41 Å². The first-order valence-electron chi connectivity index (χ1n) is 6.72. The molecule has 0 aromatic heterocycles. The Labute approximate surface area is 107 Å². The normalized spacial score (nSPS) is 13.7. The minimum Gasteiger partial charge on any atom is -0.316 e. The third-order valence-electron chi connectivity index (χ3n) is 3.55. The molecule has 96 valence electrons. The van der Waals surface area contributed by atoms with Gasteiger partial charge in [-0.2, -0.15) is 0 Å². The van der Waals surface area contributed by atoms with Gasteiger partial charge in [0.1, 0.15) is 0 Å². The maximum Gasteiger partial charge on any atom is 0.0116 e. The molecule has 1 atom stereocenters. The van der Waals surface area contributed by atoms with Crippen LogP contribution in [0.1, 0.15) is 45.2 Å². The fourth-order valence-electron chi connectivity index (χ4n) is 2.26. The van der Waals surface area contributed by atoms with E-state index in [0.29, 0.717) is 11.5 Å². The molecule has 0 aliphatic heterocycles. The molecule has 0 aliphatic rings. The second-order valence-electron chi connectivity index (χ2n) is 5.92. The number of benzene rings is 1. The van der Waals surface area contributed by atoms with E-state index in [1.165, 1.54) is 17.5 Å². The van der Waals surface area contributed by atoms with Crippen LogP contribution in [0.2, 0.25) is 0 Å². The minimum absolute atomic E-state index is 0.331. The average Bonchev–Trinajstić information content (AvgIpc) is 2.29. The van der Waals surface area contributed by atoms with Gasteiger partial charge in [-0.25, -0.2) is 0 Å². The highest BCUT2D eigenvalue weighted by Gasteiger charge is 2.22. The lowest BCUT2D eigenvalue weighted by atomic mass is 9.83. The Kier molecular flexibility index (Phi) is 5.20. The lowest BCUT2D eigenvalue weighted by Gasteiger charge is -2.30. The van der Waals surface area contributed by atoms with Crippen LogP contribution < -0.4 is 5.32 Å². The molecular weight excluding hydrogens is 206 g/mol. The number of rotatable bonds is 5. The van der Waals surface area contributed by atoms with Crippen LogP contribution in [0.5, 0.6) is 0 Å². The highest BCUT2D eigenvalue weighted by Crippen LogP contribution is 2.23. The predicted molar refractivity (Wildman–Crippen MR) is 76.4 cm³/mol. The first-order valence-corrected chi connectivity index (χ1v) is 6.72. The van der Waals surface area contributed by atoms with Gasteiger partial charge in [-0.15, -0.1) is 0 Å². The highest BCUT2D eigenvalue weighted by atomic mass is 14.9. The Morgan fingerprint density at radius 1 is 1.06 bits per heavy atom. The van der Waals surface area contributed by atoms with E-state index in [-0.39, 0.29) is 0 Å². The molecule has 1 nitrogen and oxygen atoms in total. The summed E-state index contributed by atoms with van der Waals surface area (Å²) in [5.41, 5.74) is 3.21. The number of hydrogen-bond donors (Lipinski definition) is 1. The van der Waals surface area contributed by atoms with E-state index >= 15 is 0 Å². The van der Waals surface area contributed by atoms with Crippen molar-refractivity contribution in [3.63, 3.8) is 0 Å². The molecule has 0 saturated carbocycles. The van der Waals surface area contributed by atoms with E-state index in [2.05, 4.69) is 64.3 Å². The van der Waals surface area contributed by atoms with Gasteiger partial charge in [-0.05, 0) is 42.9 Å². The molecule has 0 saturated heterocycles. The largest absolute Gasteiger partial charge is 0.316 e. The summed E-state index contributed by atoms with van der Waals surface area (Å²) in [4.78, 5) is 0. The van der Waals surface area contributed by atoms with Gasteiger partial charge >= 0.3 is 0 Å². The third-order valence-corrected chi connectivity index (χ3v) is 3.55. The van der Waals surface area contributed by atoms with Crippen LogP contribution in [0.25, 0.3) is 0 Å². The third kappa shape index (κ3) is 4.51. The van der Waals surface area contributed by atoms with Crippen molar-refractivity contribution in [1.29, 1.82) is 0 Å². The van der Waals surface area contributed by atoms with Crippen molar-refractivity contribution in [3.8, 4) is 0 Å². The molecule has 0 amide bonds. The molecule has 0 heterocycles. The Hall–Kier alpha value is -0.820. The second-order valence-corrected chi connectivity index (χ2v) is 5.92. The molecule has 1 aromatic carbocycles. The fourth-order valence-corrected chi connectivity index (χ4v) is 2.26. The zero-order valence-corrected chi connectivity index (χ0v) is 12.0. The number of nitrogens with one attached hydrogen (secondary N) is 1. The van der Waals surface area contributed by atoms with Crippen LogP contribution >= 0.6 is 0 Å². The topological polar surface area (TPSA) is 12.0 Å². The molecule has 0 fully saturated rings. The van der Waals surface area contributed by atoms with Crippen LogP contribution in [-0.2, 0) is 12.8 Å². The lowest BCUT2D eigenvalue weighted by Crippen LogP contribution is -2.38. The Bertz CT molecular complexity index is 318. The van der Waals surface area contributed by atoms with Gasteiger partial charge in [-0.3, -0.25) is 0 Å². The summed E-state index contributed by atoms with van der Waals surface area (Å²) in [5.74, 6) is 0. The van der Waals surface area contributed by atoms with Crippen molar-refractivity contribution in [2.45, 2.75) is 53.0 Å². The van der Waals surface area contributed by atoms with Gasteiger partial charge in [0.2, 0.25) is 0 Å². The standard InChI is InChI=1S/C16H27N/c1-6-13-7-9-14(10-8-13)11-12-15(17-5)16(2,3)4/h7-10,15,17H,6,11-12H2,1-5H3. The van der Waals surface area contributed by atoms with E-state index in [1.807, 2.05) is 0 Å². The van der Waals surface area contributed by atoms with Gasteiger partial charge in [-0.1, -0.05) is 52.0 Å². The van der Waals surface area contributed by atoms with E-state index in [4.69, 9.17) is 0 Å². The number of hydrogen-bond acceptors (Lipinski definition) is 1. The molecule has 1 unspecified atom stereocenters. The smallest absolute Gasteiger partial charge is 0.0116 e. The molecule has 17 heavy (non-hydrogen) atoms. The van der Waals surface area contributed by atoms with E-state index in [0.717, 1.165) is 12.8 Å². The summed E-state index contributed by atoms with van der Waals surface area (Å²) in [6.07, 6.45) is 3.49. The van der Waals surface area contributed by atoms with Gasteiger partial charge < -0.3 is 5.32 Å². The average molecular weight is 233 g/mol. The summed E-state index contributed by atoms with van der Waals surface area (Å²) in [7, 11) is 2.07. The highest BCUT2D eigenvalue weighted by molar-refractivity contribution is 5.22. The minimum atomic E-state index is 0.331. The Morgan fingerprint density at radius 3 is 2.00 bits per heavy atom.